The number of para-hydroxylation sites is 1. The van der Waals surface area contributed by atoms with Gasteiger partial charge in [-0.3, -0.25) is 0 Å². The number of hydrogen-bond acceptors (Lipinski definition) is 2. The molecule has 3 rings (SSSR count). The molecule has 0 amide bonds. The van der Waals surface area contributed by atoms with Crippen molar-refractivity contribution in [2.24, 2.45) is 0 Å². The molecule has 0 aliphatic heterocycles. The van der Waals surface area contributed by atoms with E-state index >= 15 is 0 Å². The topological polar surface area (TPSA) is 24.1 Å². The molecule has 0 fully saturated rings. The Bertz CT molecular complexity index is 848. The van der Waals surface area contributed by atoms with E-state index in [0.717, 1.165) is 17.1 Å². The van der Waals surface area contributed by atoms with Crippen LogP contribution in [0.4, 0.5) is 11.4 Å². The molecule has 0 atom stereocenters. The maximum Gasteiger partial charge on any atom is 0.105 e. The lowest BCUT2D eigenvalue weighted by atomic mass is 10.1. The third-order valence-electron chi connectivity index (χ3n) is 3.51. The van der Waals surface area contributed by atoms with Gasteiger partial charge >= 0.3 is 0 Å². The van der Waals surface area contributed by atoms with Gasteiger partial charge in [-0.05, 0) is 36.6 Å². The molecule has 0 bridgehead atoms. The fourth-order valence-electron chi connectivity index (χ4n) is 2.48. The van der Waals surface area contributed by atoms with Crippen molar-refractivity contribution in [2.75, 3.05) is 10.6 Å². The molecule has 0 spiro atoms. The van der Waals surface area contributed by atoms with E-state index in [-0.39, 0.29) is 0 Å². The van der Waals surface area contributed by atoms with Crippen LogP contribution in [0.5, 0.6) is 0 Å². The van der Waals surface area contributed by atoms with E-state index in [0.29, 0.717) is 4.99 Å². The highest BCUT2D eigenvalue weighted by Crippen LogP contribution is 2.24. The number of hydrogen-bond donors (Lipinski definition) is 2. The first kappa shape index (κ1) is 15.3. The lowest BCUT2D eigenvalue weighted by molar-refractivity contribution is 1.40. The molecule has 2 N–H and O–H groups in total. The van der Waals surface area contributed by atoms with Crippen LogP contribution in [-0.4, -0.2) is 4.99 Å². The second-order valence-corrected chi connectivity index (χ2v) is 5.77. The third kappa shape index (κ3) is 3.96. The average molecular weight is 318 g/mol. The molecular formula is C20H18N2S. The molecule has 3 heteroatoms. The van der Waals surface area contributed by atoms with Crippen LogP contribution in [0.2, 0.25) is 0 Å². The molecule has 0 saturated heterocycles. The summed E-state index contributed by atoms with van der Waals surface area (Å²) in [6.07, 6.45) is 1.93. The van der Waals surface area contributed by atoms with Crippen LogP contribution >= 0.6 is 12.2 Å². The summed E-state index contributed by atoms with van der Waals surface area (Å²) >= 11 is 5.40. The Kier molecular flexibility index (Phi) is 4.69. The van der Waals surface area contributed by atoms with Gasteiger partial charge in [0, 0.05) is 22.5 Å². The predicted octanol–water partition coefficient (Wildman–Crippen LogP) is 5.60. The van der Waals surface area contributed by atoms with Crippen molar-refractivity contribution in [3.63, 3.8) is 0 Å². The van der Waals surface area contributed by atoms with E-state index in [1.807, 2.05) is 55.5 Å². The van der Waals surface area contributed by atoms with Crippen LogP contribution < -0.4 is 10.6 Å². The van der Waals surface area contributed by atoms with Crippen molar-refractivity contribution >= 4 is 39.4 Å². The third-order valence-corrected chi connectivity index (χ3v) is 3.73. The first-order chi connectivity index (χ1) is 11.2. The molecule has 23 heavy (non-hydrogen) atoms. The molecular weight excluding hydrogens is 300 g/mol. The van der Waals surface area contributed by atoms with Crippen molar-refractivity contribution in [1.82, 2.24) is 0 Å². The average Bonchev–Trinajstić information content (AvgIpc) is 2.56. The Morgan fingerprint density at radius 1 is 0.826 bits per heavy atom. The first-order valence-electron chi connectivity index (χ1n) is 7.51. The van der Waals surface area contributed by atoms with Gasteiger partial charge in [0.05, 0.1) is 0 Å². The van der Waals surface area contributed by atoms with E-state index in [9.17, 15) is 0 Å². The molecule has 114 valence electrons. The number of benzene rings is 3. The molecule has 0 aliphatic rings. The number of fused-ring (bicyclic) bond motifs is 1. The van der Waals surface area contributed by atoms with Crippen LogP contribution in [0.15, 0.2) is 84.6 Å². The van der Waals surface area contributed by atoms with Gasteiger partial charge in [0.25, 0.3) is 0 Å². The molecule has 2 nitrogen and oxygen atoms in total. The summed E-state index contributed by atoms with van der Waals surface area (Å²) in [5, 5.41) is 9.06. The van der Waals surface area contributed by atoms with Gasteiger partial charge in [0.1, 0.15) is 4.99 Å². The van der Waals surface area contributed by atoms with E-state index in [1.165, 1.54) is 10.8 Å². The van der Waals surface area contributed by atoms with Crippen molar-refractivity contribution < 1.29 is 0 Å². The van der Waals surface area contributed by atoms with E-state index < -0.39 is 0 Å². The molecule has 0 heterocycles. The Hall–Kier alpha value is -2.65. The van der Waals surface area contributed by atoms with Crippen molar-refractivity contribution in [1.29, 1.82) is 0 Å². The highest BCUT2D eigenvalue weighted by Gasteiger charge is 2.01. The Morgan fingerprint density at radius 3 is 2.35 bits per heavy atom. The van der Waals surface area contributed by atoms with Crippen LogP contribution in [-0.2, 0) is 0 Å². The highest BCUT2D eigenvalue weighted by molar-refractivity contribution is 7.81. The number of thiocarbonyl (C=S) groups is 1. The maximum absolute atomic E-state index is 5.40. The summed E-state index contributed by atoms with van der Waals surface area (Å²) in [4.78, 5) is 0.682. The number of nitrogens with one attached hydrogen (secondary N) is 2. The van der Waals surface area contributed by atoms with Crippen molar-refractivity contribution in [3.05, 3.63) is 84.6 Å². The second kappa shape index (κ2) is 7.07. The minimum absolute atomic E-state index is 0.682. The lowest BCUT2D eigenvalue weighted by Gasteiger charge is -2.11. The first-order valence-corrected chi connectivity index (χ1v) is 7.92. The fraction of sp³-hybridized carbons (Fsp3) is 0.0500. The van der Waals surface area contributed by atoms with Gasteiger partial charge in [-0.15, -0.1) is 0 Å². The van der Waals surface area contributed by atoms with Gasteiger partial charge in [0.15, 0.2) is 0 Å². The van der Waals surface area contributed by atoms with Crippen LogP contribution in [0.1, 0.15) is 6.92 Å². The van der Waals surface area contributed by atoms with Gasteiger partial charge in [-0.25, -0.2) is 0 Å². The van der Waals surface area contributed by atoms with Gasteiger partial charge in [-0.1, -0.05) is 66.8 Å². The Morgan fingerprint density at radius 2 is 1.52 bits per heavy atom. The standard InChI is InChI=1S/C20H18N2S/c1-15(14-20(23)22-17-10-3-2-4-11-17)21-19-13-7-9-16-8-5-6-12-18(16)19/h2-14,21H,1H3,(H,22,23)/b15-14+. The van der Waals surface area contributed by atoms with Gasteiger partial charge < -0.3 is 10.6 Å². The van der Waals surface area contributed by atoms with Crippen LogP contribution in [0.3, 0.4) is 0 Å². The van der Waals surface area contributed by atoms with Crippen molar-refractivity contribution in [2.45, 2.75) is 6.92 Å². The molecule has 3 aromatic carbocycles. The van der Waals surface area contributed by atoms with Crippen LogP contribution in [0.25, 0.3) is 10.8 Å². The summed E-state index contributed by atoms with van der Waals surface area (Å²) in [5.41, 5.74) is 3.07. The molecule has 0 unspecified atom stereocenters. The van der Waals surface area contributed by atoms with E-state index in [4.69, 9.17) is 12.2 Å². The van der Waals surface area contributed by atoms with E-state index in [2.05, 4.69) is 41.0 Å². The molecule has 0 saturated carbocycles. The second-order valence-electron chi connectivity index (χ2n) is 5.33. The summed E-state index contributed by atoms with van der Waals surface area (Å²) in [7, 11) is 0. The minimum atomic E-state index is 0.682. The zero-order chi connectivity index (χ0) is 16.1. The predicted molar refractivity (Wildman–Crippen MR) is 104 cm³/mol. The Balaban J connectivity index is 1.75. The lowest BCUT2D eigenvalue weighted by Crippen LogP contribution is -2.08. The summed E-state index contributed by atoms with van der Waals surface area (Å²) in [6, 6.07) is 24.5. The number of rotatable bonds is 4. The monoisotopic (exact) mass is 318 g/mol. The van der Waals surface area contributed by atoms with Gasteiger partial charge in [0.2, 0.25) is 0 Å². The minimum Gasteiger partial charge on any atom is -0.359 e. The summed E-state index contributed by atoms with van der Waals surface area (Å²) < 4.78 is 0. The number of anilines is 2. The zero-order valence-corrected chi connectivity index (χ0v) is 13.7. The number of allylic oxidation sites excluding steroid dienone is 1. The molecule has 0 aromatic heterocycles. The molecule has 0 aliphatic carbocycles. The summed E-state index contributed by atoms with van der Waals surface area (Å²) in [5.74, 6) is 0. The molecule has 3 aromatic rings. The zero-order valence-electron chi connectivity index (χ0n) is 12.9. The highest BCUT2D eigenvalue weighted by atomic mass is 32.1. The SMILES string of the molecule is C/C(=C\C(=S)Nc1ccccc1)Nc1cccc2ccccc12. The molecule has 0 radical (unpaired) electrons. The smallest absolute Gasteiger partial charge is 0.105 e. The van der Waals surface area contributed by atoms with E-state index in [1.54, 1.807) is 0 Å². The van der Waals surface area contributed by atoms with Gasteiger partial charge in [-0.2, -0.15) is 0 Å². The normalized spacial score (nSPS) is 11.3. The maximum atomic E-state index is 5.40. The fourth-order valence-corrected chi connectivity index (χ4v) is 2.77. The largest absolute Gasteiger partial charge is 0.359 e. The van der Waals surface area contributed by atoms with Crippen LogP contribution in [0, 0.1) is 0 Å². The quantitative estimate of drug-likeness (QED) is 0.484. The summed E-state index contributed by atoms with van der Waals surface area (Å²) in [6.45, 7) is 2.01. The Labute approximate surface area is 141 Å². The van der Waals surface area contributed by atoms with Crippen molar-refractivity contribution in [3.8, 4) is 0 Å².